The van der Waals surface area contributed by atoms with E-state index in [9.17, 15) is 0 Å². The summed E-state index contributed by atoms with van der Waals surface area (Å²) in [6.45, 7) is 17.9. The number of aliphatic imine (C=N–C) groups is 2. The third kappa shape index (κ3) is 9.48. The Labute approximate surface area is 329 Å². The van der Waals surface area contributed by atoms with E-state index in [1.165, 1.54) is 33.4 Å². The van der Waals surface area contributed by atoms with Gasteiger partial charge in [0.1, 0.15) is 5.84 Å². The zero-order chi connectivity index (χ0) is 38.9. The molecule has 3 heteroatoms. The van der Waals surface area contributed by atoms with Gasteiger partial charge in [-0.2, -0.15) is 0 Å². The Morgan fingerprint density at radius 3 is 1.00 bits per heavy atom. The molecular formula is C52H55N3. The molecule has 0 fully saturated rings. The van der Waals surface area contributed by atoms with Crippen molar-refractivity contribution in [2.45, 2.75) is 78.6 Å². The van der Waals surface area contributed by atoms with Crippen LogP contribution in [0.3, 0.4) is 0 Å². The molecule has 0 amide bonds. The number of hydrogen-bond donors (Lipinski definition) is 1. The third-order valence-corrected chi connectivity index (χ3v) is 11.3. The first-order valence-corrected chi connectivity index (χ1v) is 19.9. The molecular weight excluding hydrogens is 667 g/mol. The van der Waals surface area contributed by atoms with Crippen molar-refractivity contribution >= 4 is 17.4 Å². The van der Waals surface area contributed by atoms with Crippen LogP contribution >= 0.6 is 0 Å². The molecule has 0 aliphatic carbocycles. The number of hydrogen-bond acceptors (Lipinski definition) is 1. The fourth-order valence-electron chi connectivity index (χ4n) is 6.74. The topological polar surface area (TPSA) is 50.7 Å². The lowest BCUT2D eigenvalue weighted by atomic mass is 9.95. The molecule has 2 N–H and O–H groups in total. The summed E-state index contributed by atoms with van der Waals surface area (Å²) in [5, 5.41) is 0. The van der Waals surface area contributed by atoms with Gasteiger partial charge in [0, 0.05) is 11.1 Å². The van der Waals surface area contributed by atoms with E-state index in [4.69, 9.17) is 15.7 Å². The van der Waals surface area contributed by atoms with Crippen molar-refractivity contribution < 1.29 is 0 Å². The maximum absolute atomic E-state index is 6.74. The maximum Gasteiger partial charge on any atom is 0.162 e. The average Bonchev–Trinajstić information content (AvgIpc) is 3.25. The summed E-state index contributed by atoms with van der Waals surface area (Å²) in [5.41, 5.74) is 21.0. The standard InChI is InChI=1S/C52H55N3/c1-8-35(4)39-11-19-43(20-12-39)46-25-17-42(18-26-46)38(7)54-52(50-33-29-48(30-34-50)45-23-15-41(16-24-45)37(6)10-3)55-51(53)49-31-27-47(28-32-49)44-21-13-40(14-22-44)36(5)9-2/h11-37H,7-10H2,1-6H3,(H2,53,54,55). The van der Waals surface area contributed by atoms with Crippen LogP contribution in [0.4, 0.5) is 0 Å². The van der Waals surface area contributed by atoms with Crippen LogP contribution in [0, 0.1) is 0 Å². The van der Waals surface area contributed by atoms with E-state index < -0.39 is 0 Å². The summed E-state index contributed by atoms with van der Waals surface area (Å²) in [4.78, 5) is 9.96. The summed E-state index contributed by atoms with van der Waals surface area (Å²) in [7, 11) is 0. The van der Waals surface area contributed by atoms with Crippen LogP contribution in [0.1, 0.15) is 112 Å². The largest absolute Gasteiger partial charge is 0.383 e. The molecule has 0 aliphatic heterocycles. The SMILES string of the molecule is C=C(N=C(N=C(N)c1ccc(-c2ccc(C(C)CC)cc2)cc1)c1ccc(-c2ccc(C(C)CC)cc2)cc1)c1ccc(-c2ccc(C(C)CC)cc2)cc1. The van der Waals surface area contributed by atoms with Gasteiger partial charge >= 0.3 is 0 Å². The first kappa shape index (κ1) is 38.9. The van der Waals surface area contributed by atoms with Gasteiger partial charge in [0.2, 0.25) is 0 Å². The summed E-state index contributed by atoms with van der Waals surface area (Å²) in [6, 6.07) is 51.7. The van der Waals surface area contributed by atoms with Gasteiger partial charge in [-0.05, 0) is 92.7 Å². The van der Waals surface area contributed by atoms with Gasteiger partial charge in [-0.15, -0.1) is 0 Å². The minimum Gasteiger partial charge on any atom is -0.383 e. The highest BCUT2D eigenvalue weighted by atomic mass is 15.0. The lowest BCUT2D eigenvalue weighted by Crippen LogP contribution is -2.16. The molecule has 6 aromatic rings. The average molecular weight is 722 g/mol. The van der Waals surface area contributed by atoms with Gasteiger partial charge in [-0.25, -0.2) is 9.98 Å². The van der Waals surface area contributed by atoms with Crippen LogP contribution < -0.4 is 5.73 Å². The van der Waals surface area contributed by atoms with E-state index in [1.54, 1.807) is 0 Å². The van der Waals surface area contributed by atoms with Crippen molar-refractivity contribution in [1.82, 2.24) is 0 Å². The Morgan fingerprint density at radius 2 is 0.691 bits per heavy atom. The first-order valence-electron chi connectivity index (χ1n) is 19.9. The van der Waals surface area contributed by atoms with E-state index in [0.717, 1.165) is 52.6 Å². The molecule has 3 atom stereocenters. The molecule has 0 heterocycles. The highest BCUT2D eigenvalue weighted by Crippen LogP contribution is 2.29. The molecule has 3 unspecified atom stereocenters. The van der Waals surface area contributed by atoms with E-state index in [-0.39, 0.29) is 0 Å². The molecule has 3 nitrogen and oxygen atoms in total. The van der Waals surface area contributed by atoms with E-state index in [1.807, 2.05) is 12.1 Å². The predicted octanol–water partition coefficient (Wildman–Crippen LogP) is 14.1. The van der Waals surface area contributed by atoms with Crippen LogP contribution in [0.25, 0.3) is 39.1 Å². The Hall–Kier alpha value is -5.80. The molecule has 6 rings (SSSR count). The molecule has 0 saturated heterocycles. The van der Waals surface area contributed by atoms with Crippen molar-refractivity contribution in [2.24, 2.45) is 15.7 Å². The second-order valence-corrected chi connectivity index (χ2v) is 14.9. The van der Waals surface area contributed by atoms with Crippen molar-refractivity contribution in [2.75, 3.05) is 0 Å². The van der Waals surface area contributed by atoms with Crippen LogP contribution in [-0.4, -0.2) is 11.7 Å². The second kappa shape index (κ2) is 18.0. The Morgan fingerprint density at radius 1 is 0.418 bits per heavy atom. The lowest BCUT2D eigenvalue weighted by Gasteiger charge is -2.11. The van der Waals surface area contributed by atoms with Gasteiger partial charge in [-0.1, -0.05) is 194 Å². The Bertz CT molecular complexity index is 2220. The molecule has 55 heavy (non-hydrogen) atoms. The maximum atomic E-state index is 6.74. The van der Waals surface area contributed by atoms with E-state index in [2.05, 4.69) is 182 Å². The van der Waals surface area contributed by atoms with Gasteiger partial charge < -0.3 is 5.73 Å². The van der Waals surface area contributed by atoms with Crippen molar-refractivity contribution in [1.29, 1.82) is 0 Å². The van der Waals surface area contributed by atoms with E-state index in [0.29, 0.717) is 35.1 Å². The zero-order valence-corrected chi connectivity index (χ0v) is 33.4. The normalized spacial score (nSPS) is 13.6. The highest BCUT2D eigenvalue weighted by Gasteiger charge is 2.11. The quantitative estimate of drug-likeness (QED) is 0.0937. The summed E-state index contributed by atoms with van der Waals surface area (Å²) >= 11 is 0. The fourth-order valence-corrected chi connectivity index (χ4v) is 6.74. The number of benzene rings is 6. The van der Waals surface area contributed by atoms with Crippen LogP contribution in [0.15, 0.2) is 162 Å². The molecule has 0 bridgehead atoms. The number of nitrogens with two attached hydrogens (primary N) is 1. The lowest BCUT2D eigenvalue weighted by molar-refractivity contribution is 0.734. The Kier molecular flexibility index (Phi) is 12.7. The van der Waals surface area contributed by atoms with Crippen molar-refractivity contribution in [3.05, 3.63) is 186 Å². The van der Waals surface area contributed by atoms with Crippen molar-refractivity contribution in [3.63, 3.8) is 0 Å². The molecule has 0 aromatic heterocycles. The van der Waals surface area contributed by atoms with Crippen LogP contribution in [-0.2, 0) is 0 Å². The summed E-state index contributed by atoms with van der Waals surface area (Å²) in [5.74, 6) is 2.55. The van der Waals surface area contributed by atoms with Gasteiger partial charge in [-0.3, -0.25) is 0 Å². The fraction of sp³-hybridized carbons (Fsp3) is 0.231. The molecule has 0 aliphatic rings. The van der Waals surface area contributed by atoms with Crippen molar-refractivity contribution in [3.8, 4) is 33.4 Å². The number of rotatable bonds is 13. The number of amidine groups is 2. The predicted molar refractivity (Wildman–Crippen MR) is 238 cm³/mol. The molecule has 0 saturated carbocycles. The Balaban J connectivity index is 1.29. The number of nitrogens with zero attached hydrogens (tertiary/aromatic N) is 2. The minimum atomic E-state index is 0.395. The first-order chi connectivity index (χ1) is 26.7. The third-order valence-electron chi connectivity index (χ3n) is 11.3. The summed E-state index contributed by atoms with van der Waals surface area (Å²) in [6.07, 6.45) is 3.38. The molecule has 0 spiro atoms. The monoisotopic (exact) mass is 721 g/mol. The zero-order valence-electron chi connectivity index (χ0n) is 33.4. The second-order valence-electron chi connectivity index (χ2n) is 14.9. The van der Waals surface area contributed by atoms with Gasteiger partial charge in [0.05, 0.1) is 5.70 Å². The molecule has 6 aromatic carbocycles. The van der Waals surface area contributed by atoms with Gasteiger partial charge in [0.25, 0.3) is 0 Å². The molecule has 278 valence electrons. The minimum absolute atomic E-state index is 0.395. The van der Waals surface area contributed by atoms with E-state index >= 15 is 0 Å². The molecule has 0 radical (unpaired) electrons. The van der Waals surface area contributed by atoms with Gasteiger partial charge in [0.15, 0.2) is 5.84 Å². The van der Waals surface area contributed by atoms with Crippen LogP contribution in [0.2, 0.25) is 0 Å². The summed E-state index contributed by atoms with van der Waals surface area (Å²) < 4.78 is 0. The van der Waals surface area contributed by atoms with Crippen LogP contribution in [0.5, 0.6) is 0 Å². The highest BCUT2D eigenvalue weighted by molar-refractivity contribution is 6.12. The smallest absolute Gasteiger partial charge is 0.162 e.